The highest BCUT2D eigenvalue weighted by molar-refractivity contribution is 7.98. The predicted molar refractivity (Wildman–Crippen MR) is 86.7 cm³/mol. The van der Waals surface area contributed by atoms with Gasteiger partial charge in [-0.2, -0.15) is 0 Å². The minimum absolute atomic E-state index is 0.142. The summed E-state index contributed by atoms with van der Waals surface area (Å²) in [6.07, 6.45) is 3.11. The number of thioether (sulfide) groups is 1. The molecule has 0 aliphatic carbocycles. The number of carbonyl (C=O) groups is 1. The summed E-state index contributed by atoms with van der Waals surface area (Å²) in [5, 5.41) is 3.38. The summed E-state index contributed by atoms with van der Waals surface area (Å²) >= 11 is 1.71. The molecule has 1 aromatic rings. The molecule has 1 saturated heterocycles. The number of esters is 1. The molecule has 1 unspecified atom stereocenters. The van der Waals surface area contributed by atoms with E-state index in [-0.39, 0.29) is 12.0 Å². The van der Waals surface area contributed by atoms with E-state index in [0.29, 0.717) is 6.61 Å². The maximum absolute atomic E-state index is 12.4. The first kappa shape index (κ1) is 16.3. The average molecular weight is 308 g/mol. The highest BCUT2D eigenvalue weighted by Gasteiger charge is 2.29. The van der Waals surface area contributed by atoms with E-state index in [1.54, 1.807) is 11.8 Å². The number of rotatable bonds is 5. The topological polar surface area (TPSA) is 41.6 Å². The Morgan fingerprint density at radius 1 is 1.33 bits per heavy atom. The predicted octanol–water partition coefficient (Wildman–Crippen LogP) is 2.31. The van der Waals surface area contributed by atoms with Gasteiger partial charge in [-0.1, -0.05) is 12.1 Å². The molecule has 0 aromatic heterocycles. The summed E-state index contributed by atoms with van der Waals surface area (Å²) in [7, 11) is 0. The van der Waals surface area contributed by atoms with Gasteiger partial charge in [-0.3, -0.25) is 4.90 Å². The monoisotopic (exact) mass is 308 g/mol. The van der Waals surface area contributed by atoms with Crippen LogP contribution in [0.25, 0.3) is 0 Å². The highest BCUT2D eigenvalue weighted by Crippen LogP contribution is 2.25. The number of hydrogen-bond donors (Lipinski definition) is 1. The Kier molecular flexibility index (Phi) is 6.54. The van der Waals surface area contributed by atoms with Crippen LogP contribution in [0.5, 0.6) is 0 Å². The molecular formula is C16H24N2O2S. The van der Waals surface area contributed by atoms with Crippen molar-refractivity contribution >= 4 is 17.7 Å². The van der Waals surface area contributed by atoms with Crippen LogP contribution in [0.3, 0.4) is 0 Å². The molecule has 0 amide bonds. The average Bonchev–Trinajstić information content (AvgIpc) is 2.78. The zero-order valence-electron chi connectivity index (χ0n) is 12.8. The van der Waals surface area contributed by atoms with Crippen molar-refractivity contribution in [3.63, 3.8) is 0 Å². The summed E-state index contributed by atoms with van der Waals surface area (Å²) in [6.45, 7) is 5.99. The van der Waals surface area contributed by atoms with E-state index < -0.39 is 0 Å². The zero-order valence-corrected chi connectivity index (χ0v) is 13.6. The van der Waals surface area contributed by atoms with E-state index >= 15 is 0 Å². The quantitative estimate of drug-likeness (QED) is 0.668. The Balaban J connectivity index is 2.22. The lowest BCUT2D eigenvalue weighted by Crippen LogP contribution is -2.37. The fourth-order valence-corrected chi connectivity index (χ4v) is 3.04. The molecule has 1 fully saturated rings. The Morgan fingerprint density at radius 2 is 2.10 bits per heavy atom. The minimum atomic E-state index is -0.291. The van der Waals surface area contributed by atoms with E-state index in [4.69, 9.17) is 4.74 Å². The smallest absolute Gasteiger partial charge is 0.328 e. The number of ether oxygens (including phenoxy) is 1. The van der Waals surface area contributed by atoms with Crippen LogP contribution in [0.15, 0.2) is 29.2 Å². The highest BCUT2D eigenvalue weighted by atomic mass is 32.2. The lowest BCUT2D eigenvalue weighted by atomic mass is 10.0. The van der Waals surface area contributed by atoms with Gasteiger partial charge in [-0.15, -0.1) is 11.8 Å². The summed E-state index contributed by atoms with van der Waals surface area (Å²) < 4.78 is 5.30. The summed E-state index contributed by atoms with van der Waals surface area (Å²) in [5.74, 6) is -0.142. The molecule has 1 heterocycles. The van der Waals surface area contributed by atoms with Gasteiger partial charge in [0.15, 0.2) is 0 Å². The molecule has 21 heavy (non-hydrogen) atoms. The third kappa shape index (κ3) is 4.46. The van der Waals surface area contributed by atoms with Gasteiger partial charge in [-0.05, 0) is 43.8 Å². The molecule has 1 N–H and O–H groups in total. The van der Waals surface area contributed by atoms with Gasteiger partial charge in [0.05, 0.1) is 6.61 Å². The van der Waals surface area contributed by atoms with Crippen molar-refractivity contribution in [2.24, 2.45) is 0 Å². The number of benzene rings is 1. The molecule has 0 saturated carbocycles. The Morgan fingerprint density at radius 3 is 2.76 bits per heavy atom. The van der Waals surface area contributed by atoms with Crippen LogP contribution in [0.2, 0.25) is 0 Å². The van der Waals surface area contributed by atoms with E-state index in [1.165, 1.54) is 4.90 Å². The van der Waals surface area contributed by atoms with E-state index in [1.807, 2.05) is 19.1 Å². The first-order chi connectivity index (χ1) is 10.3. The van der Waals surface area contributed by atoms with Crippen LogP contribution in [-0.4, -0.2) is 49.9 Å². The van der Waals surface area contributed by atoms with Crippen molar-refractivity contribution in [3.8, 4) is 0 Å². The molecule has 1 aliphatic heterocycles. The van der Waals surface area contributed by atoms with Crippen molar-refractivity contribution in [2.45, 2.75) is 24.3 Å². The number of hydrogen-bond acceptors (Lipinski definition) is 5. The van der Waals surface area contributed by atoms with Crippen LogP contribution >= 0.6 is 11.8 Å². The van der Waals surface area contributed by atoms with Gasteiger partial charge in [0.1, 0.15) is 6.04 Å². The Labute approximate surface area is 131 Å². The minimum Gasteiger partial charge on any atom is -0.465 e. The van der Waals surface area contributed by atoms with Gasteiger partial charge in [0, 0.05) is 24.5 Å². The van der Waals surface area contributed by atoms with Crippen LogP contribution in [0.4, 0.5) is 0 Å². The second kappa shape index (κ2) is 8.41. The SMILES string of the molecule is CCOC(=O)C(c1ccc(SC)cc1)N1CCCNCC1. The molecule has 1 aromatic carbocycles. The number of carbonyl (C=O) groups excluding carboxylic acids is 1. The van der Waals surface area contributed by atoms with Gasteiger partial charge in [-0.25, -0.2) is 4.79 Å². The van der Waals surface area contributed by atoms with E-state index in [9.17, 15) is 4.79 Å². The molecule has 5 heteroatoms. The van der Waals surface area contributed by atoms with Crippen molar-refractivity contribution in [2.75, 3.05) is 39.0 Å². The van der Waals surface area contributed by atoms with Gasteiger partial charge < -0.3 is 10.1 Å². The Bertz CT molecular complexity index is 442. The Hall–Kier alpha value is -1.04. The molecule has 0 bridgehead atoms. The zero-order chi connectivity index (χ0) is 15.1. The first-order valence-electron chi connectivity index (χ1n) is 7.51. The second-order valence-electron chi connectivity index (χ2n) is 5.07. The fourth-order valence-electron chi connectivity index (χ4n) is 2.63. The van der Waals surface area contributed by atoms with Crippen molar-refractivity contribution < 1.29 is 9.53 Å². The standard InChI is InChI=1S/C16H24N2O2S/c1-3-20-16(19)15(18-11-4-9-17-10-12-18)13-5-7-14(21-2)8-6-13/h5-8,15,17H,3-4,9-12H2,1-2H3. The number of nitrogens with zero attached hydrogens (tertiary/aromatic N) is 1. The summed E-state index contributed by atoms with van der Waals surface area (Å²) in [6, 6.07) is 7.95. The maximum Gasteiger partial charge on any atom is 0.328 e. The summed E-state index contributed by atoms with van der Waals surface area (Å²) in [5.41, 5.74) is 1.02. The molecule has 1 aliphatic rings. The molecule has 116 valence electrons. The van der Waals surface area contributed by atoms with Crippen molar-refractivity contribution in [1.29, 1.82) is 0 Å². The molecule has 4 nitrogen and oxygen atoms in total. The van der Waals surface area contributed by atoms with Crippen molar-refractivity contribution in [3.05, 3.63) is 29.8 Å². The van der Waals surface area contributed by atoms with Crippen LogP contribution in [0, 0.1) is 0 Å². The molecule has 2 rings (SSSR count). The third-order valence-electron chi connectivity index (χ3n) is 3.68. The van der Waals surface area contributed by atoms with Gasteiger partial charge in [0.25, 0.3) is 0 Å². The van der Waals surface area contributed by atoms with E-state index in [2.05, 4.69) is 28.6 Å². The third-order valence-corrected chi connectivity index (χ3v) is 4.42. The molecular weight excluding hydrogens is 284 g/mol. The number of nitrogens with one attached hydrogen (secondary N) is 1. The van der Waals surface area contributed by atoms with Crippen LogP contribution in [0.1, 0.15) is 24.9 Å². The molecule has 0 radical (unpaired) electrons. The van der Waals surface area contributed by atoms with Crippen LogP contribution < -0.4 is 5.32 Å². The summed E-state index contributed by atoms with van der Waals surface area (Å²) in [4.78, 5) is 15.9. The molecule has 0 spiro atoms. The normalized spacial score (nSPS) is 18.0. The lowest BCUT2D eigenvalue weighted by molar-refractivity contribution is -0.149. The van der Waals surface area contributed by atoms with Crippen molar-refractivity contribution in [1.82, 2.24) is 10.2 Å². The van der Waals surface area contributed by atoms with Gasteiger partial charge >= 0.3 is 5.97 Å². The fraction of sp³-hybridized carbons (Fsp3) is 0.562. The second-order valence-corrected chi connectivity index (χ2v) is 5.95. The van der Waals surface area contributed by atoms with Crippen LogP contribution in [-0.2, 0) is 9.53 Å². The lowest BCUT2D eigenvalue weighted by Gasteiger charge is -2.29. The van der Waals surface area contributed by atoms with E-state index in [0.717, 1.165) is 38.2 Å². The molecule has 1 atom stereocenters. The largest absolute Gasteiger partial charge is 0.465 e. The van der Waals surface area contributed by atoms with Gasteiger partial charge in [0.2, 0.25) is 0 Å². The first-order valence-corrected chi connectivity index (χ1v) is 8.74. The maximum atomic E-state index is 12.4.